The van der Waals surface area contributed by atoms with Gasteiger partial charge in [0.1, 0.15) is 5.75 Å². The van der Waals surface area contributed by atoms with Crippen LogP contribution in [-0.2, 0) is 9.59 Å². The number of halogens is 1. The minimum atomic E-state index is -1.05. The summed E-state index contributed by atoms with van der Waals surface area (Å²) in [5.41, 5.74) is -1.05. The molecule has 0 fully saturated rings. The number of ether oxygens (including phenoxy) is 1. The third kappa shape index (κ3) is 6.58. The van der Waals surface area contributed by atoms with E-state index in [1.165, 1.54) is 0 Å². The molecular weight excluding hydrogens is 324 g/mol. The summed E-state index contributed by atoms with van der Waals surface area (Å²) in [7, 11) is 0. The highest BCUT2D eigenvalue weighted by molar-refractivity contribution is 7.80. The fourth-order valence-electron chi connectivity index (χ4n) is 1.63. The average Bonchev–Trinajstić information content (AvgIpc) is 2.47. The van der Waals surface area contributed by atoms with Crippen LogP contribution in [0, 0.1) is 0 Å². The van der Waals surface area contributed by atoms with Crippen molar-refractivity contribution in [2.45, 2.75) is 25.9 Å². The van der Waals surface area contributed by atoms with Crippen LogP contribution < -0.4 is 15.4 Å². The Hall–Kier alpha value is -1.40. The van der Waals surface area contributed by atoms with E-state index in [-0.39, 0.29) is 24.8 Å². The molecule has 0 bridgehead atoms. The Labute approximate surface area is 141 Å². The maximum absolute atomic E-state index is 12.1. The van der Waals surface area contributed by atoms with E-state index in [2.05, 4.69) is 23.3 Å². The van der Waals surface area contributed by atoms with E-state index in [0.29, 0.717) is 23.1 Å². The van der Waals surface area contributed by atoms with Gasteiger partial charge in [-0.15, -0.1) is 0 Å². The van der Waals surface area contributed by atoms with E-state index in [4.69, 9.17) is 16.3 Å². The summed E-state index contributed by atoms with van der Waals surface area (Å²) in [6.45, 7) is 4.10. The van der Waals surface area contributed by atoms with Gasteiger partial charge in [-0.3, -0.25) is 9.59 Å². The van der Waals surface area contributed by atoms with E-state index < -0.39 is 5.60 Å². The summed E-state index contributed by atoms with van der Waals surface area (Å²) in [5, 5.41) is 5.97. The second-order valence-corrected chi connectivity index (χ2v) is 6.03. The van der Waals surface area contributed by atoms with Crippen molar-refractivity contribution in [3.8, 4) is 5.75 Å². The van der Waals surface area contributed by atoms with Crippen LogP contribution in [0.3, 0.4) is 0 Å². The Balaban J connectivity index is 2.42. The zero-order valence-corrected chi connectivity index (χ0v) is 14.3. The van der Waals surface area contributed by atoms with Gasteiger partial charge >= 0.3 is 0 Å². The van der Waals surface area contributed by atoms with Gasteiger partial charge in [0, 0.05) is 30.3 Å². The SMILES string of the molecule is CC(C)(Oc1ccc(Cl)cc1)C(=O)NCCC(=O)NCCS. The number of rotatable bonds is 8. The highest BCUT2D eigenvalue weighted by Gasteiger charge is 2.29. The number of thiol groups is 1. The van der Waals surface area contributed by atoms with Gasteiger partial charge < -0.3 is 15.4 Å². The van der Waals surface area contributed by atoms with Gasteiger partial charge in [-0.1, -0.05) is 11.6 Å². The van der Waals surface area contributed by atoms with Gasteiger partial charge in [-0.25, -0.2) is 0 Å². The first-order chi connectivity index (χ1) is 10.3. The number of carbonyl (C=O) groups is 2. The molecule has 0 aliphatic heterocycles. The second kappa shape index (κ2) is 8.90. The molecule has 5 nitrogen and oxygen atoms in total. The molecule has 22 heavy (non-hydrogen) atoms. The summed E-state index contributed by atoms with van der Waals surface area (Å²) < 4.78 is 5.66. The van der Waals surface area contributed by atoms with Gasteiger partial charge in [0.2, 0.25) is 5.91 Å². The summed E-state index contributed by atoms with van der Waals surface area (Å²) >= 11 is 9.80. The molecule has 1 aromatic rings. The van der Waals surface area contributed by atoms with E-state index in [1.807, 2.05) is 0 Å². The lowest BCUT2D eigenvalue weighted by Crippen LogP contribution is -2.47. The Morgan fingerprint density at radius 3 is 2.41 bits per heavy atom. The predicted molar refractivity (Wildman–Crippen MR) is 90.6 cm³/mol. The number of benzene rings is 1. The Morgan fingerprint density at radius 1 is 1.18 bits per heavy atom. The van der Waals surface area contributed by atoms with Crippen LogP contribution in [0.15, 0.2) is 24.3 Å². The zero-order chi connectivity index (χ0) is 16.6. The molecule has 1 aromatic carbocycles. The molecule has 1 rings (SSSR count). The molecule has 0 radical (unpaired) electrons. The largest absolute Gasteiger partial charge is 0.478 e. The molecule has 0 atom stereocenters. The van der Waals surface area contributed by atoms with Gasteiger partial charge in [-0.2, -0.15) is 12.6 Å². The molecule has 0 aliphatic rings. The van der Waals surface area contributed by atoms with Gasteiger partial charge in [-0.05, 0) is 38.1 Å². The first-order valence-electron chi connectivity index (χ1n) is 6.95. The molecule has 0 unspecified atom stereocenters. The number of amides is 2. The average molecular weight is 345 g/mol. The van der Waals surface area contributed by atoms with Gasteiger partial charge in [0.05, 0.1) is 0 Å². The van der Waals surface area contributed by atoms with Crippen molar-refractivity contribution in [1.82, 2.24) is 10.6 Å². The first kappa shape index (κ1) is 18.6. The topological polar surface area (TPSA) is 67.4 Å². The van der Waals surface area contributed by atoms with Crippen molar-refractivity contribution in [1.29, 1.82) is 0 Å². The lowest BCUT2D eigenvalue weighted by molar-refractivity contribution is -0.134. The molecule has 0 saturated heterocycles. The third-order valence-electron chi connectivity index (χ3n) is 2.81. The molecule has 122 valence electrons. The smallest absolute Gasteiger partial charge is 0.263 e. The van der Waals surface area contributed by atoms with Gasteiger partial charge in [0.15, 0.2) is 5.60 Å². The van der Waals surface area contributed by atoms with Crippen LogP contribution in [0.1, 0.15) is 20.3 Å². The van der Waals surface area contributed by atoms with Crippen LogP contribution in [-0.4, -0.2) is 36.3 Å². The summed E-state index contributed by atoms with van der Waals surface area (Å²) in [6.07, 6.45) is 0.219. The molecule has 2 N–H and O–H groups in total. The lowest BCUT2D eigenvalue weighted by atomic mass is 10.1. The second-order valence-electron chi connectivity index (χ2n) is 5.15. The molecule has 7 heteroatoms. The minimum Gasteiger partial charge on any atom is -0.478 e. The lowest BCUT2D eigenvalue weighted by Gasteiger charge is -2.25. The number of carbonyl (C=O) groups excluding carboxylic acids is 2. The molecule has 0 aromatic heterocycles. The Kier molecular flexibility index (Phi) is 7.55. The molecule has 0 saturated carbocycles. The predicted octanol–water partition coefficient (Wildman–Crippen LogP) is 2.05. The highest BCUT2D eigenvalue weighted by Crippen LogP contribution is 2.20. The first-order valence-corrected chi connectivity index (χ1v) is 7.96. The van der Waals surface area contributed by atoms with Crippen molar-refractivity contribution in [3.05, 3.63) is 29.3 Å². The molecule has 2 amide bonds. The molecular formula is C15H21ClN2O3S. The highest BCUT2D eigenvalue weighted by atomic mass is 35.5. The number of nitrogens with one attached hydrogen (secondary N) is 2. The minimum absolute atomic E-state index is 0.120. The summed E-state index contributed by atoms with van der Waals surface area (Å²) in [6, 6.07) is 6.78. The Bertz CT molecular complexity index is 506. The van der Waals surface area contributed by atoms with Crippen molar-refractivity contribution in [2.24, 2.45) is 0 Å². The molecule has 0 aliphatic carbocycles. The quantitative estimate of drug-likeness (QED) is 0.632. The van der Waals surface area contributed by atoms with Crippen LogP contribution in [0.4, 0.5) is 0 Å². The fourth-order valence-corrected chi connectivity index (χ4v) is 1.87. The van der Waals surface area contributed by atoms with E-state index >= 15 is 0 Å². The Morgan fingerprint density at radius 2 is 1.82 bits per heavy atom. The van der Waals surface area contributed by atoms with Crippen LogP contribution in [0.2, 0.25) is 5.02 Å². The van der Waals surface area contributed by atoms with E-state index in [9.17, 15) is 9.59 Å². The zero-order valence-electron chi connectivity index (χ0n) is 12.7. The van der Waals surface area contributed by atoms with Crippen molar-refractivity contribution in [2.75, 3.05) is 18.8 Å². The standard InChI is InChI=1S/C15H21ClN2O3S/c1-15(2,21-12-5-3-11(16)4-6-12)14(20)18-8-7-13(19)17-9-10-22/h3-6,22H,7-10H2,1-2H3,(H,17,19)(H,18,20). The number of hydrogen-bond acceptors (Lipinski definition) is 4. The normalized spacial score (nSPS) is 10.9. The fraction of sp³-hybridized carbons (Fsp3) is 0.467. The van der Waals surface area contributed by atoms with Crippen LogP contribution in [0.5, 0.6) is 5.75 Å². The molecule has 0 spiro atoms. The monoisotopic (exact) mass is 344 g/mol. The third-order valence-corrected chi connectivity index (χ3v) is 3.28. The van der Waals surface area contributed by atoms with Crippen molar-refractivity contribution in [3.63, 3.8) is 0 Å². The number of hydrogen-bond donors (Lipinski definition) is 3. The maximum atomic E-state index is 12.1. The van der Waals surface area contributed by atoms with E-state index in [1.54, 1.807) is 38.1 Å². The van der Waals surface area contributed by atoms with Crippen LogP contribution >= 0.6 is 24.2 Å². The van der Waals surface area contributed by atoms with Crippen molar-refractivity contribution >= 4 is 36.0 Å². The van der Waals surface area contributed by atoms with Crippen molar-refractivity contribution < 1.29 is 14.3 Å². The molecule has 0 heterocycles. The summed E-state index contributed by atoms with van der Waals surface area (Å²) in [5.74, 6) is 0.728. The summed E-state index contributed by atoms with van der Waals surface area (Å²) in [4.78, 5) is 23.5. The van der Waals surface area contributed by atoms with Gasteiger partial charge in [0.25, 0.3) is 5.91 Å². The van der Waals surface area contributed by atoms with E-state index in [0.717, 1.165) is 0 Å². The maximum Gasteiger partial charge on any atom is 0.263 e. The van der Waals surface area contributed by atoms with Crippen LogP contribution in [0.25, 0.3) is 0 Å².